The van der Waals surface area contributed by atoms with Crippen molar-refractivity contribution in [2.75, 3.05) is 0 Å². The zero-order valence-electron chi connectivity index (χ0n) is 9.18. The van der Waals surface area contributed by atoms with Crippen LogP contribution in [0.1, 0.15) is 38.2 Å². The number of benzene rings is 1. The van der Waals surface area contributed by atoms with Crippen LogP contribution in [0.4, 0.5) is 0 Å². The Morgan fingerprint density at radius 2 is 1.80 bits per heavy atom. The molecule has 1 aromatic rings. The lowest BCUT2D eigenvalue weighted by atomic mass is 10.1. The van der Waals surface area contributed by atoms with Crippen LogP contribution in [0.25, 0.3) is 0 Å². The fourth-order valence-corrected chi connectivity index (χ4v) is 2.05. The maximum atomic E-state index is 6.26. The van der Waals surface area contributed by atoms with Gasteiger partial charge in [-0.3, -0.25) is 0 Å². The first kappa shape index (κ1) is 12.9. The first-order valence-corrected chi connectivity index (χ1v) is 6.42. The smallest absolute Gasteiger partial charge is 0.0406 e. The first-order valence-electron chi connectivity index (χ1n) is 5.61. The van der Waals surface area contributed by atoms with Crippen LogP contribution in [0.3, 0.4) is 0 Å². The van der Waals surface area contributed by atoms with Gasteiger partial charge in [0, 0.05) is 10.4 Å². The molecule has 0 aliphatic carbocycles. The molecule has 0 spiro atoms. The predicted octanol–water partition coefficient (Wildman–Crippen LogP) is 5.07. The van der Waals surface area contributed by atoms with E-state index < -0.39 is 0 Å². The van der Waals surface area contributed by atoms with E-state index >= 15 is 0 Å². The van der Waals surface area contributed by atoms with E-state index in [1.807, 2.05) is 12.1 Å². The van der Waals surface area contributed by atoms with Crippen molar-refractivity contribution in [1.29, 1.82) is 0 Å². The summed E-state index contributed by atoms with van der Waals surface area (Å²) in [7, 11) is 0. The molecule has 15 heavy (non-hydrogen) atoms. The van der Waals surface area contributed by atoms with Gasteiger partial charge in [0.25, 0.3) is 0 Å². The van der Waals surface area contributed by atoms with Crippen molar-refractivity contribution < 1.29 is 0 Å². The Labute approximate surface area is 103 Å². The molecule has 1 unspecified atom stereocenters. The highest BCUT2D eigenvalue weighted by atomic mass is 35.5. The Bertz CT molecular complexity index is 266. The van der Waals surface area contributed by atoms with Crippen LogP contribution in [-0.4, -0.2) is 5.38 Å². The molecule has 0 radical (unpaired) electrons. The number of hydrogen-bond donors (Lipinski definition) is 0. The summed E-state index contributed by atoms with van der Waals surface area (Å²) in [6.07, 6.45) is 5.83. The highest BCUT2D eigenvalue weighted by Crippen LogP contribution is 2.16. The third-order valence-electron chi connectivity index (χ3n) is 2.49. The molecule has 1 aromatic carbocycles. The van der Waals surface area contributed by atoms with Gasteiger partial charge in [-0.1, -0.05) is 49.9 Å². The molecule has 0 saturated heterocycles. The molecular weight excluding hydrogens is 227 g/mol. The minimum absolute atomic E-state index is 0.262. The molecule has 1 atom stereocenters. The summed E-state index contributed by atoms with van der Waals surface area (Å²) in [5.41, 5.74) is 1.27. The minimum atomic E-state index is 0.262. The van der Waals surface area contributed by atoms with Crippen LogP contribution < -0.4 is 0 Å². The number of hydrogen-bond acceptors (Lipinski definition) is 0. The Kier molecular flexibility index (Phi) is 6.12. The largest absolute Gasteiger partial charge is 0.123 e. The summed E-state index contributed by atoms with van der Waals surface area (Å²) < 4.78 is 0. The molecule has 0 fully saturated rings. The summed E-state index contributed by atoms with van der Waals surface area (Å²) in [5, 5.41) is 1.05. The van der Waals surface area contributed by atoms with E-state index in [1.165, 1.54) is 24.8 Å². The summed E-state index contributed by atoms with van der Waals surface area (Å²) in [6, 6.07) is 7.95. The highest BCUT2D eigenvalue weighted by Gasteiger charge is 2.05. The summed E-state index contributed by atoms with van der Waals surface area (Å²) in [6.45, 7) is 2.21. The van der Waals surface area contributed by atoms with Crippen LogP contribution in [-0.2, 0) is 6.42 Å². The SMILES string of the molecule is CCCCCC(Cl)Cc1ccc(Cl)cc1. The van der Waals surface area contributed by atoms with Crippen LogP contribution in [0.2, 0.25) is 5.02 Å². The molecule has 0 saturated carbocycles. The summed E-state index contributed by atoms with van der Waals surface area (Å²) in [5.74, 6) is 0. The lowest BCUT2D eigenvalue weighted by Crippen LogP contribution is -2.03. The predicted molar refractivity (Wildman–Crippen MR) is 68.9 cm³/mol. The topological polar surface area (TPSA) is 0 Å². The van der Waals surface area contributed by atoms with Crippen LogP contribution >= 0.6 is 23.2 Å². The Morgan fingerprint density at radius 1 is 1.13 bits per heavy atom. The Morgan fingerprint density at radius 3 is 2.40 bits per heavy atom. The van der Waals surface area contributed by atoms with Crippen LogP contribution in [0.5, 0.6) is 0 Å². The van der Waals surface area contributed by atoms with E-state index in [0.717, 1.165) is 17.9 Å². The number of unbranched alkanes of at least 4 members (excludes halogenated alkanes) is 2. The highest BCUT2D eigenvalue weighted by molar-refractivity contribution is 6.30. The number of rotatable bonds is 6. The number of halogens is 2. The fraction of sp³-hybridized carbons (Fsp3) is 0.538. The Balaban J connectivity index is 2.31. The fourth-order valence-electron chi connectivity index (χ4n) is 1.59. The van der Waals surface area contributed by atoms with E-state index in [4.69, 9.17) is 23.2 Å². The van der Waals surface area contributed by atoms with Crippen LogP contribution in [0.15, 0.2) is 24.3 Å². The first-order chi connectivity index (χ1) is 7.22. The molecule has 1 rings (SSSR count). The van der Waals surface area contributed by atoms with Gasteiger partial charge < -0.3 is 0 Å². The maximum Gasteiger partial charge on any atom is 0.0406 e. The van der Waals surface area contributed by atoms with Crippen LogP contribution in [0, 0.1) is 0 Å². The second kappa shape index (κ2) is 7.14. The van der Waals surface area contributed by atoms with Gasteiger partial charge >= 0.3 is 0 Å². The minimum Gasteiger partial charge on any atom is -0.123 e. The van der Waals surface area contributed by atoms with Gasteiger partial charge in [-0.2, -0.15) is 0 Å². The maximum absolute atomic E-state index is 6.26. The monoisotopic (exact) mass is 244 g/mol. The molecular formula is C13H18Cl2. The van der Waals surface area contributed by atoms with E-state index in [9.17, 15) is 0 Å². The summed E-state index contributed by atoms with van der Waals surface area (Å²) in [4.78, 5) is 0. The lowest BCUT2D eigenvalue weighted by molar-refractivity contribution is 0.638. The van der Waals surface area contributed by atoms with Gasteiger partial charge in [-0.15, -0.1) is 11.6 Å². The van der Waals surface area contributed by atoms with Crippen molar-refractivity contribution >= 4 is 23.2 Å². The van der Waals surface area contributed by atoms with Gasteiger partial charge in [-0.05, 0) is 30.5 Å². The van der Waals surface area contributed by atoms with Crippen molar-refractivity contribution in [3.8, 4) is 0 Å². The molecule has 0 aliphatic heterocycles. The van der Waals surface area contributed by atoms with Gasteiger partial charge in [0.1, 0.15) is 0 Å². The van der Waals surface area contributed by atoms with Gasteiger partial charge in [0.05, 0.1) is 0 Å². The molecule has 0 aliphatic rings. The van der Waals surface area contributed by atoms with Gasteiger partial charge in [-0.25, -0.2) is 0 Å². The second-order valence-corrected chi connectivity index (χ2v) is 4.98. The van der Waals surface area contributed by atoms with Crippen molar-refractivity contribution in [3.05, 3.63) is 34.9 Å². The third kappa shape index (κ3) is 5.44. The number of alkyl halides is 1. The molecule has 2 heteroatoms. The molecule has 0 amide bonds. The molecule has 0 nitrogen and oxygen atoms in total. The van der Waals surface area contributed by atoms with Crippen molar-refractivity contribution in [2.45, 2.75) is 44.4 Å². The third-order valence-corrected chi connectivity index (χ3v) is 3.12. The van der Waals surface area contributed by atoms with Gasteiger partial charge in [0.15, 0.2) is 0 Å². The van der Waals surface area contributed by atoms with Crippen molar-refractivity contribution in [2.24, 2.45) is 0 Å². The normalized spacial score (nSPS) is 12.7. The zero-order valence-corrected chi connectivity index (χ0v) is 10.7. The average molecular weight is 245 g/mol. The Hall–Kier alpha value is -0.200. The zero-order chi connectivity index (χ0) is 11.1. The molecule has 0 bridgehead atoms. The quantitative estimate of drug-likeness (QED) is 0.484. The molecule has 84 valence electrons. The van der Waals surface area contributed by atoms with Crippen molar-refractivity contribution in [3.63, 3.8) is 0 Å². The summed E-state index contributed by atoms with van der Waals surface area (Å²) >= 11 is 12.1. The molecule has 0 aromatic heterocycles. The molecule has 0 N–H and O–H groups in total. The van der Waals surface area contributed by atoms with E-state index in [1.54, 1.807) is 0 Å². The average Bonchev–Trinajstić information content (AvgIpc) is 2.22. The van der Waals surface area contributed by atoms with E-state index in [2.05, 4.69) is 19.1 Å². The second-order valence-electron chi connectivity index (χ2n) is 3.92. The van der Waals surface area contributed by atoms with E-state index in [-0.39, 0.29) is 5.38 Å². The van der Waals surface area contributed by atoms with Crippen molar-refractivity contribution in [1.82, 2.24) is 0 Å². The standard InChI is InChI=1S/C13H18Cl2/c1-2-3-4-5-13(15)10-11-6-8-12(14)9-7-11/h6-9,13H,2-5,10H2,1H3. The molecule has 0 heterocycles. The van der Waals surface area contributed by atoms with E-state index in [0.29, 0.717) is 0 Å². The van der Waals surface area contributed by atoms with Gasteiger partial charge in [0.2, 0.25) is 0 Å². The lowest BCUT2D eigenvalue weighted by Gasteiger charge is -2.08.